The van der Waals surface area contributed by atoms with Crippen LogP contribution in [0.25, 0.3) is 0 Å². The maximum absolute atomic E-state index is 12.6. The number of nitrogens with one attached hydrogen (secondary N) is 1. The Morgan fingerprint density at radius 1 is 1.25 bits per heavy atom. The Balaban J connectivity index is 1.88. The number of likely N-dealkylation sites (tertiary alicyclic amines) is 1. The summed E-state index contributed by atoms with van der Waals surface area (Å²) >= 11 is 0. The Morgan fingerprint density at radius 2 is 1.80 bits per heavy atom. The van der Waals surface area contributed by atoms with Gasteiger partial charge in [-0.15, -0.1) is 0 Å². The highest BCUT2D eigenvalue weighted by Gasteiger charge is 2.44. The second-order valence-electron chi connectivity index (χ2n) is 6.15. The van der Waals surface area contributed by atoms with Crippen LogP contribution in [0.15, 0.2) is 0 Å². The molecule has 0 amide bonds. The first-order valence-electron chi connectivity index (χ1n) is 7.01. The molecule has 1 saturated heterocycles. The molecular formula is C13H21F3N2O2. The molecule has 1 unspecified atom stereocenters. The van der Waals surface area contributed by atoms with Gasteiger partial charge in [-0.2, -0.15) is 13.2 Å². The number of piperidine rings is 1. The number of rotatable bonds is 5. The largest absolute Gasteiger partial charge is 0.480 e. The molecule has 4 nitrogen and oxygen atoms in total. The average molecular weight is 294 g/mol. The van der Waals surface area contributed by atoms with Gasteiger partial charge in [-0.05, 0) is 45.7 Å². The van der Waals surface area contributed by atoms with E-state index in [0.717, 1.165) is 12.8 Å². The summed E-state index contributed by atoms with van der Waals surface area (Å²) in [6.07, 6.45) is -2.07. The van der Waals surface area contributed by atoms with Crippen molar-refractivity contribution in [3.05, 3.63) is 0 Å². The number of nitrogens with zero attached hydrogens (tertiary/aromatic N) is 1. The zero-order chi connectivity index (χ0) is 15.0. The van der Waals surface area contributed by atoms with Gasteiger partial charge >= 0.3 is 12.1 Å². The molecule has 0 bridgehead atoms. The monoisotopic (exact) mass is 294 g/mol. The highest BCUT2D eigenvalue weighted by atomic mass is 19.4. The fraction of sp³-hybridized carbons (Fsp3) is 0.923. The second kappa shape index (κ2) is 5.52. The van der Waals surface area contributed by atoms with Crippen LogP contribution in [0.3, 0.4) is 0 Å². The zero-order valence-electron chi connectivity index (χ0n) is 11.5. The van der Waals surface area contributed by atoms with Crippen LogP contribution in [0.2, 0.25) is 0 Å². The van der Waals surface area contributed by atoms with Crippen molar-refractivity contribution < 1.29 is 23.1 Å². The van der Waals surface area contributed by atoms with Crippen molar-refractivity contribution in [2.24, 2.45) is 5.92 Å². The number of hydrogen-bond acceptors (Lipinski definition) is 3. The summed E-state index contributed by atoms with van der Waals surface area (Å²) in [5.74, 6) is -2.19. The van der Waals surface area contributed by atoms with Crippen molar-refractivity contribution in [2.75, 3.05) is 19.6 Å². The van der Waals surface area contributed by atoms with Gasteiger partial charge in [-0.1, -0.05) is 0 Å². The molecule has 1 heterocycles. The van der Waals surface area contributed by atoms with Gasteiger partial charge in [0.1, 0.15) is 5.54 Å². The Kier molecular flexibility index (Phi) is 4.30. The lowest BCUT2D eigenvalue weighted by Crippen LogP contribution is -2.58. The van der Waals surface area contributed by atoms with Crippen molar-refractivity contribution >= 4 is 5.97 Å². The minimum absolute atomic E-state index is 0.0582. The van der Waals surface area contributed by atoms with Crippen LogP contribution in [0.5, 0.6) is 0 Å². The summed E-state index contributed by atoms with van der Waals surface area (Å²) in [6, 6.07) is 0.240. The predicted molar refractivity (Wildman–Crippen MR) is 67.4 cm³/mol. The van der Waals surface area contributed by atoms with Crippen molar-refractivity contribution in [1.29, 1.82) is 0 Å². The van der Waals surface area contributed by atoms with E-state index in [2.05, 4.69) is 5.32 Å². The highest BCUT2D eigenvalue weighted by Crippen LogP contribution is 2.34. The van der Waals surface area contributed by atoms with Gasteiger partial charge in [0.05, 0.1) is 5.92 Å². The SMILES string of the molecule is CC(CN1CCC(C(F)(F)F)CC1)(NC1CC1)C(=O)O. The summed E-state index contributed by atoms with van der Waals surface area (Å²) in [5, 5.41) is 12.4. The first kappa shape index (κ1) is 15.6. The van der Waals surface area contributed by atoms with Crippen LogP contribution in [0.1, 0.15) is 32.6 Å². The van der Waals surface area contributed by atoms with Crippen molar-refractivity contribution in [3.63, 3.8) is 0 Å². The van der Waals surface area contributed by atoms with Gasteiger partial charge in [0, 0.05) is 12.6 Å². The van der Waals surface area contributed by atoms with E-state index >= 15 is 0 Å². The number of carbonyl (C=O) groups is 1. The molecule has 0 aromatic rings. The average Bonchev–Trinajstić information content (AvgIpc) is 3.12. The molecule has 1 aliphatic carbocycles. The highest BCUT2D eigenvalue weighted by molar-refractivity contribution is 5.78. The lowest BCUT2D eigenvalue weighted by Gasteiger charge is -2.38. The van der Waals surface area contributed by atoms with Crippen LogP contribution in [-0.4, -0.2) is 53.4 Å². The molecule has 116 valence electrons. The first-order chi connectivity index (χ1) is 9.21. The second-order valence-corrected chi connectivity index (χ2v) is 6.15. The lowest BCUT2D eigenvalue weighted by molar-refractivity contribution is -0.185. The molecule has 2 aliphatic rings. The maximum atomic E-state index is 12.6. The van der Waals surface area contributed by atoms with Crippen LogP contribution in [0, 0.1) is 5.92 Å². The summed E-state index contributed by atoms with van der Waals surface area (Å²) < 4.78 is 37.8. The smallest absolute Gasteiger partial charge is 0.391 e. The molecule has 7 heteroatoms. The Morgan fingerprint density at radius 3 is 2.20 bits per heavy atom. The maximum Gasteiger partial charge on any atom is 0.391 e. The van der Waals surface area contributed by atoms with Gasteiger partial charge in [0.25, 0.3) is 0 Å². The summed E-state index contributed by atoms with van der Waals surface area (Å²) in [4.78, 5) is 13.2. The normalized spacial score (nSPS) is 25.4. The van der Waals surface area contributed by atoms with E-state index < -0.39 is 23.6 Å². The standard InChI is InChI=1S/C13H21F3N2O2/c1-12(11(19)20,17-10-2-3-10)8-18-6-4-9(5-7-18)13(14,15)16/h9-10,17H,2-8H2,1H3,(H,19,20). The first-order valence-corrected chi connectivity index (χ1v) is 7.01. The van der Waals surface area contributed by atoms with Crippen molar-refractivity contribution in [3.8, 4) is 0 Å². The number of alkyl halides is 3. The van der Waals surface area contributed by atoms with Gasteiger partial charge in [-0.25, -0.2) is 0 Å². The van der Waals surface area contributed by atoms with E-state index in [1.807, 2.05) is 4.90 Å². The number of carboxylic acids is 1. The molecule has 0 radical (unpaired) electrons. The number of hydrogen-bond donors (Lipinski definition) is 2. The number of aliphatic carboxylic acids is 1. The predicted octanol–water partition coefficient (Wildman–Crippen LogP) is 1.86. The molecule has 2 fully saturated rings. The van der Waals surface area contributed by atoms with E-state index in [0.29, 0.717) is 13.1 Å². The molecule has 1 saturated carbocycles. The molecule has 0 aromatic carbocycles. The molecule has 0 aromatic heterocycles. The van der Waals surface area contributed by atoms with Crippen molar-refractivity contribution in [1.82, 2.24) is 10.2 Å². The fourth-order valence-corrected chi connectivity index (χ4v) is 2.72. The fourth-order valence-electron chi connectivity index (χ4n) is 2.72. The number of halogens is 3. The third kappa shape index (κ3) is 3.85. The third-order valence-corrected chi connectivity index (χ3v) is 4.16. The Hall–Kier alpha value is -0.820. The van der Waals surface area contributed by atoms with Crippen LogP contribution >= 0.6 is 0 Å². The van der Waals surface area contributed by atoms with Gasteiger partial charge in [-0.3, -0.25) is 10.1 Å². The van der Waals surface area contributed by atoms with Crippen LogP contribution < -0.4 is 5.32 Å². The minimum atomic E-state index is -4.13. The summed E-state index contributed by atoms with van der Waals surface area (Å²) in [5.41, 5.74) is -1.08. The summed E-state index contributed by atoms with van der Waals surface area (Å²) in [6.45, 7) is 2.48. The minimum Gasteiger partial charge on any atom is -0.480 e. The number of carboxylic acid groups (broad SMARTS) is 1. The molecular weight excluding hydrogens is 273 g/mol. The topological polar surface area (TPSA) is 52.6 Å². The molecule has 20 heavy (non-hydrogen) atoms. The van der Waals surface area contributed by atoms with Gasteiger partial charge in [0.2, 0.25) is 0 Å². The molecule has 0 spiro atoms. The van der Waals surface area contributed by atoms with E-state index in [-0.39, 0.29) is 25.4 Å². The van der Waals surface area contributed by atoms with Crippen LogP contribution in [-0.2, 0) is 4.79 Å². The Labute approximate surface area is 116 Å². The molecule has 1 aliphatic heterocycles. The van der Waals surface area contributed by atoms with E-state index in [4.69, 9.17) is 0 Å². The molecule has 1 atom stereocenters. The van der Waals surface area contributed by atoms with E-state index in [1.165, 1.54) is 0 Å². The van der Waals surface area contributed by atoms with Gasteiger partial charge < -0.3 is 10.0 Å². The quantitative estimate of drug-likeness (QED) is 0.812. The molecule has 2 N–H and O–H groups in total. The van der Waals surface area contributed by atoms with E-state index in [9.17, 15) is 23.1 Å². The van der Waals surface area contributed by atoms with E-state index in [1.54, 1.807) is 6.92 Å². The zero-order valence-corrected chi connectivity index (χ0v) is 11.5. The summed E-state index contributed by atoms with van der Waals surface area (Å²) in [7, 11) is 0. The molecule has 2 rings (SSSR count). The van der Waals surface area contributed by atoms with Gasteiger partial charge in [0.15, 0.2) is 0 Å². The lowest BCUT2D eigenvalue weighted by atomic mass is 9.94. The van der Waals surface area contributed by atoms with Crippen molar-refractivity contribution in [2.45, 2.75) is 50.4 Å². The third-order valence-electron chi connectivity index (χ3n) is 4.16. The Bertz CT molecular complexity index is 363. The van der Waals surface area contributed by atoms with Crippen LogP contribution in [0.4, 0.5) is 13.2 Å².